The standard InChI is InChI=1S/C35H41F2N3O3/c1-5-9-25-10-8-11-26(16-25)22-38-23-33(41)32(19-27-17-30(36)21-31(37)18-27)39-34(42)28-14-24(4)15-29(20-28)35(43)40(12-6-2)13-7-3/h1,8,10-11,14-18,20-21,32-33,38,41H,6-7,9,12-13,19,22-23H2,2-4H3,(H,39,42)/t32-,33+/m0/s1. The van der Waals surface area contributed by atoms with Crippen LogP contribution in [0.15, 0.2) is 60.7 Å². The Labute approximate surface area is 253 Å². The zero-order chi connectivity index (χ0) is 31.4. The molecule has 2 amide bonds. The number of hydrogen-bond donors (Lipinski definition) is 3. The third-order valence-corrected chi connectivity index (χ3v) is 7.00. The van der Waals surface area contributed by atoms with Gasteiger partial charge in [-0.1, -0.05) is 38.1 Å². The molecule has 3 aromatic carbocycles. The molecule has 43 heavy (non-hydrogen) atoms. The van der Waals surface area contributed by atoms with Gasteiger partial charge in [0.2, 0.25) is 0 Å². The van der Waals surface area contributed by atoms with E-state index in [9.17, 15) is 23.5 Å². The Balaban J connectivity index is 1.80. The highest BCUT2D eigenvalue weighted by molar-refractivity contribution is 6.00. The lowest BCUT2D eigenvalue weighted by molar-refractivity contribution is 0.0755. The number of rotatable bonds is 15. The maximum atomic E-state index is 14.0. The zero-order valence-corrected chi connectivity index (χ0v) is 25.1. The summed E-state index contributed by atoms with van der Waals surface area (Å²) in [6.07, 6.45) is 6.45. The lowest BCUT2D eigenvalue weighted by atomic mass is 9.99. The molecular weight excluding hydrogens is 548 g/mol. The zero-order valence-electron chi connectivity index (χ0n) is 25.1. The fraction of sp³-hybridized carbons (Fsp3) is 0.371. The first-order chi connectivity index (χ1) is 20.6. The van der Waals surface area contributed by atoms with Crippen LogP contribution >= 0.6 is 0 Å². The number of nitrogens with one attached hydrogen (secondary N) is 2. The van der Waals surface area contributed by atoms with Crippen LogP contribution in [0.2, 0.25) is 0 Å². The van der Waals surface area contributed by atoms with Gasteiger partial charge in [-0.05, 0) is 78.8 Å². The van der Waals surface area contributed by atoms with Crippen molar-refractivity contribution in [3.63, 3.8) is 0 Å². The molecule has 6 nitrogen and oxygen atoms in total. The van der Waals surface area contributed by atoms with E-state index in [0.717, 1.165) is 35.6 Å². The average molecular weight is 590 g/mol. The van der Waals surface area contributed by atoms with Crippen molar-refractivity contribution < 1.29 is 23.5 Å². The van der Waals surface area contributed by atoms with Gasteiger partial charge in [-0.25, -0.2) is 8.78 Å². The van der Waals surface area contributed by atoms with Gasteiger partial charge in [0.05, 0.1) is 12.1 Å². The summed E-state index contributed by atoms with van der Waals surface area (Å²) in [5.41, 5.74) is 3.68. The largest absolute Gasteiger partial charge is 0.390 e. The molecule has 0 aliphatic carbocycles. The van der Waals surface area contributed by atoms with E-state index in [1.165, 1.54) is 12.1 Å². The molecule has 0 aromatic heterocycles. The minimum atomic E-state index is -1.10. The summed E-state index contributed by atoms with van der Waals surface area (Å²) in [7, 11) is 0. The minimum absolute atomic E-state index is 0.0146. The average Bonchev–Trinajstić information content (AvgIpc) is 2.96. The Hall–Kier alpha value is -4.06. The van der Waals surface area contributed by atoms with Crippen molar-refractivity contribution in [3.8, 4) is 12.3 Å². The maximum Gasteiger partial charge on any atom is 0.253 e. The highest BCUT2D eigenvalue weighted by atomic mass is 19.1. The van der Waals surface area contributed by atoms with E-state index >= 15 is 0 Å². The molecule has 8 heteroatoms. The molecule has 3 aromatic rings. The molecule has 3 rings (SSSR count). The van der Waals surface area contributed by atoms with Crippen molar-refractivity contribution in [1.29, 1.82) is 0 Å². The third-order valence-electron chi connectivity index (χ3n) is 7.00. The van der Waals surface area contributed by atoms with Crippen LogP contribution in [0.5, 0.6) is 0 Å². The molecule has 0 fully saturated rings. The first-order valence-corrected chi connectivity index (χ1v) is 14.7. The smallest absolute Gasteiger partial charge is 0.253 e. The van der Waals surface area contributed by atoms with Crippen LogP contribution in [-0.2, 0) is 19.4 Å². The number of halogens is 2. The Kier molecular flexibility index (Phi) is 12.9. The summed E-state index contributed by atoms with van der Waals surface area (Å²) in [5.74, 6) is 0.476. The summed E-state index contributed by atoms with van der Waals surface area (Å²) in [6, 6.07) is 15.0. The molecule has 228 valence electrons. The molecule has 0 saturated heterocycles. The Morgan fingerprint density at radius 3 is 2.23 bits per heavy atom. The Morgan fingerprint density at radius 2 is 1.58 bits per heavy atom. The van der Waals surface area contributed by atoms with Gasteiger partial charge in [0, 0.05) is 49.8 Å². The summed E-state index contributed by atoms with van der Waals surface area (Å²) < 4.78 is 27.9. The molecule has 0 saturated carbocycles. The number of hydrogen-bond acceptors (Lipinski definition) is 4. The van der Waals surface area contributed by atoms with E-state index in [1.54, 1.807) is 23.1 Å². The number of aliphatic hydroxyl groups is 1. The molecule has 0 unspecified atom stereocenters. The van der Waals surface area contributed by atoms with Crippen LogP contribution < -0.4 is 10.6 Å². The van der Waals surface area contributed by atoms with Gasteiger partial charge < -0.3 is 20.6 Å². The van der Waals surface area contributed by atoms with E-state index in [4.69, 9.17) is 6.42 Å². The van der Waals surface area contributed by atoms with Gasteiger partial charge >= 0.3 is 0 Å². The van der Waals surface area contributed by atoms with Crippen LogP contribution in [-0.4, -0.2) is 53.6 Å². The van der Waals surface area contributed by atoms with E-state index in [0.29, 0.717) is 37.2 Å². The normalized spacial score (nSPS) is 12.3. The summed E-state index contributed by atoms with van der Waals surface area (Å²) >= 11 is 0. The van der Waals surface area contributed by atoms with Crippen LogP contribution in [0.4, 0.5) is 8.78 Å². The van der Waals surface area contributed by atoms with Crippen molar-refractivity contribution in [2.75, 3.05) is 19.6 Å². The number of terminal acetylenes is 1. The molecule has 0 heterocycles. The lowest BCUT2D eigenvalue weighted by Gasteiger charge is -2.25. The van der Waals surface area contributed by atoms with E-state index in [2.05, 4.69) is 16.6 Å². The highest BCUT2D eigenvalue weighted by Gasteiger charge is 2.24. The van der Waals surface area contributed by atoms with Gasteiger partial charge in [0.1, 0.15) is 11.6 Å². The summed E-state index contributed by atoms with van der Waals surface area (Å²) in [5, 5.41) is 17.2. The summed E-state index contributed by atoms with van der Waals surface area (Å²) in [6.45, 7) is 7.59. The van der Waals surface area contributed by atoms with Crippen molar-refractivity contribution in [2.45, 2.75) is 65.1 Å². The van der Waals surface area contributed by atoms with Crippen molar-refractivity contribution in [1.82, 2.24) is 15.5 Å². The lowest BCUT2D eigenvalue weighted by Crippen LogP contribution is -2.48. The van der Waals surface area contributed by atoms with Crippen LogP contribution in [0.3, 0.4) is 0 Å². The van der Waals surface area contributed by atoms with E-state index < -0.39 is 29.7 Å². The molecule has 0 bridgehead atoms. The van der Waals surface area contributed by atoms with E-state index in [1.807, 2.05) is 45.0 Å². The van der Waals surface area contributed by atoms with Gasteiger partial charge in [-0.2, -0.15) is 0 Å². The van der Waals surface area contributed by atoms with Gasteiger partial charge in [0.25, 0.3) is 11.8 Å². The monoisotopic (exact) mass is 589 g/mol. The predicted molar refractivity (Wildman–Crippen MR) is 166 cm³/mol. The Bertz CT molecular complexity index is 1410. The van der Waals surface area contributed by atoms with Crippen LogP contribution in [0.1, 0.15) is 69.7 Å². The molecular formula is C35H41F2N3O3. The fourth-order valence-corrected chi connectivity index (χ4v) is 5.07. The molecule has 0 radical (unpaired) electrons. The van der Waals surface area contributed by atoms with Gasteiger partial charge in [-0.15, -0.1) is 12.3 Å². The second-order valence-corrected chi connectivity index (χ2v) is 10.8. The van der Waals surface area contributed by atoms with Crippen molar-refractivity contribution in [2.24, 2.45) is 0 Å². The van der Waals surface area contributed by atoms with Gasteiger partial charge in [0.15, 0.2) is 0 Å². The van der Waals surface area contributed by atoms with E-state index in [-0.39, 0.29) is 24.4 Å². The van der Waals surface area contributed by atoms with Crippen molar-refractivity contribution in [3.05, 3.63) is 106 Å². The first kappa shape index (κ1) is 33.4. The fourth-order valence-electron chi connectivity index (χ4n) is 5.07. The number of carbonyl (C=O) groups is 2. The SMILES string of the molecule is C#CCc1cccc(CNC[C@@H](O)[C@H](Cc2cc(F)cc(F)c2)NC(=O)c2cc(C)cc(C(=O)N(CCC)CCC)c2)c1. The summed E-state index contributed by atoms with van der Waals surface area (Å²) in [4.78, 5) is 28.5. The molecule has 0 spiro atoms. The Morgan fingerprint density at radius 1 is 0.930 bits per heavy atom. The first-order valence-electron chi connectivity index (χ1n) is 14.7. The van der Waals surface area contributed by atoms with Gasteiger partial charge in [-0.3, -0.25) is 9.59 Å². The predicted octanol–water partition coefficient (Wildman–Crippen LogP) is 5.20. The third kappa shape index (κ3) is 10.3. The molecule has 0 aliphatic heterocycles. The highest BCUT2D eigenvalue weighted by Crippen LogP contribution is 2.16. The topological polar surface area (TPSA) is 81.7 Å². The number of amides is 2. The van der Waals surface area contributed by atoms with Crippen molar-refractivity contribution >= 4 is 11.8 Å². The minimum Gasteiger partial charge on any atom is -0.390 e. The number of aliphatic hydroxyl groups excluding tert-OH is 1. The second kappa shape index (κ2) is 16.5. The molecule has 0 aliphatic rings. The number of aryl methyl sites for hydroxylation is 1. The number of nitrogens with zero attached hydrogens (tertiary/aromatic N) is 1. The maximum absolute atomic E-state index is 14.0. The molecule has 2 atom stereocenters. The number of benzene rings is 3. The van der Waals surface area contributed by atoms with Crippen LogP contribution in [0, 0.1) is 30.9 Å². The molecule has 3 N–H and O–H groups in total. The number of carbonyl (C=O) groups excluding carboxylic acids is 2. The quantitative estimate of drug-likeness (QED) is 0.213. The van der Waals surface area contributed by atoms with Crippen LogP contribution in [0.25, 0.3) is 0 Å². The second-order valence-electron chi connectivity index (χ2n) is 10.8.